The molecule has 1 aromatic heterocycles. The summed E-state index contributed by atoms with van der Waals surface area (Å²) in [4.78, 5) is 3.11. The van der Waals surface area contributed by atoms with Crippen molar-refractivity contribution in [1.29, 1.82) is 0 Å². The Labute approximate surface area is 305 Å². The molecule has 0 amide bonds. The Morgan fingerprint density at radius 1 is 1.00 bits per heavy atom. The first-order chi connectivity index (χ1) is 21.9. The Morgan fingerprint density at radius 3 is 2.23 bits per heavy atom. The molecule has 3 aromatic rings. The van der Waals surface area contributed by atoms with Crippen molar-refractivity contribution in [2.75, 3.05) is 27.9 Å². The third-order valence-electron chi connectivity index (χ3n) is 7.62. The number of aromatic nitrogens is 2. The van der Waals surface area contributed by atoms with E-state index in [0.29, 0.717) is 28.8 Å². The zero-order valence-electron chi connectivity index (χ0n) is 26.6. The van der Waals surface area contributed by atoms with Crippen molar-refractivity contribution in [3.8, 4) is 0 Å². The summed E-state index contributed by atoms with van der Waals surface area (Å²) in [6.45, 7) is 5.90. The second-order valence-electron chi connectivity index (χ2n) is 10.8. The molecule has 1 aliphatic heterocycles. The molecular formula is C31H33ClF3N4NaO6S2. The van der Waals surface area contributed by atoms with Crippen LogP contribution in [0.5, 0.6) is 0 Å². The normalized spacial score (nSPS) is 15.1. The molecule has 0 aliphatic carbocycles. The number of hydrogen-bond acceptors (Lipinski definition) is 8. The summed E-state index contributed by atoms with van der Waals surface area (Å²) in [7, 11) is -7.12. The Bertz CT molecular complexity index is 1990. The number of alkyl halides is 3. The molecule has 0 bridgehead atoms. The second kappa shape index (κ2) is 15.9. The number of nitrogens with zero attached hydrogens (tertiary/aromatic N) is 4. The van der Waals surface area contributed by atoms with Crippen molar-refractivity contribution in [3.05, 3.63) is 95.2 Å². The fourth-order valence-corrected chi connectivity index (χ4v) is 6.54. The molecule has 4 rings (SSSR count). The van der Waals surface area contributed by atoms with E-state index < -0.39 is 43.5 Å². The van der Waals surface area contributed by atoms with Gasteiger partial charge in [0, 0.05) is 41.4 Å². The van der Waals surface area contributed by atoms with Gasteiger partial charge < -0.3 is 18.9 Å². The van der Waals surface area contributed by atoms with Gasteiger partial charge in [0.25, 0.3) is 5.82 Å². The maximum absolute atomic E-state index is 13.6. The van der Waals surface area contributed by atoms with E-state index in [4.69, 9.17) is 11.6 Å². The van der Waals surface area contributed by atoms with E-state index in [9.17, 15) is 39.1 Å². The minimum absolute atomic E-state index is 0. The van der Waals surface area contributed by atoms with Gasteiger partial charge in [-0.25, -0.2) is 26.0 Å². The maximum atomic E-state index is 13.6. The predicted octanol–water partition coefficient (Wildman–Crippen LogP) is 2.67. The molecule has 48 heavy (non-hydrogen) atoms. The Morgan fingerprint density at radius 2 is 1.65 bits per heavy atom. The maximum Gasteiger partial charge on any atom is 1.00 e. The smallest absolute Gasteiger partial charge is 0.748 e. The summed E-state index contributed by atoms with van der Waals surface area (Å²) in [5.41, 5.74) is 2.07. The zero-order chi connectivity index (χ0) is 34.7. The molecule has 0 radical (unpaired) electrons. The molecule has 0 fully saturated rings. The van der Waals surface area contributed by atoms with E-state index in [1.165, 1.54) is 17.2 Å². The van der Waals surface area contributed by atoms with Crippen molar-refractivity contribution in [2.24, 2.45) is 7.05 Å². The summed E-state index contributed by atoms with van der Waals surface area (Å²) in [5, 5.41) is 0.480. The van der Waals surface area contributed by atoms with E-state index in [0.717, 1.165) is 28.7 Å². The van der Waals surface area contributed by atoms with Crippen LogP contribution in [0.3, 0.4) is 0 Å². The summed E-state index contributed by atoms with van der Waals surface area (Å²) in [6, 6.07) is 8.55. The molecule has 0 N–H and O–H groups in total. The molecule has 0 atom stereocenters. The first-order valence-corrected chi connectivity index (χ1v) is 18.0. The first-order valence-electron chi connectivity index (χ1n) is 14.5. The standard InChI is InChI=1S/C31H34ClF3N4O6S2.Na/c1-4-22(8-14-29-36(3)25-13-11-24(32)21-28(25)38(29)16-6-18-46(40,41)42)9-15-30-37(5-2)26-12-10-23(31(33,34)35)20-27(26)39(30)17-7-19-47(43,44)45;/h5,8-15,20-21H,2,4,6-7,16-19H2,1,3H3,(H-,40,41,42,43,44,45);/q;+1/p-1. The molecule has 17 heteroatoms. The summed E-state index contributed by atoms with van der Waals surface area (Å²) in [5.74, 6) is -0.115. The molecule has 2 heterocycles. The number of hydrogen-bond donors (Lipinski definition) is 0. The minimum atomic E-state index is -4.61. The fourth-order valence-electron chi connectivity index (χ4n) is 5.41. The molecule has 2 aromatic carbocycles. The predicted molar refractivity (Wildman–Crippen MR) is 173 cm³/mol. The quantitative estimate of drug-likeness (QED) is 0.113. The van der Waals surface area contributed by atoms with Gasteiger partial charge in [0.05, 0.1) is 50.8 Å². The van der Waals surface area contributed by atoms with Gasteiger partial charge >= 0.3 is 35.7 Å². The van der Waals surface area contributed by atoms with Crippen LogP contribution in [0, 0.1) is 0 Å². The number of aryl methyl sites for hydroxylation is 2. The van der Waals surface area contributed by atoms with Gasteiger partial charge in [-0.2, -0.15) is 13.2 Å². The van der Waals surface area contributed by atoms with E-state index in [1.54, 1.807) is 29.2 Å². The van der Waals surface area contributed by atoms with E-state index >= 15 is 0 Å². The Kier molecular flexibility index (Phi) is 13.2. The van der Waals surface area contributed by atoms with Crippen LogP contribution in [-0.2, 0) is 40.0 Å². The van der Waals surface area contributed by atoms with Crippen LogP contribution >= 0.6 is 11.6 Å². The van der Waals surface area contributed by atoms with Gasteiger partial charge in [-0.05, 0) is 61.2 Å². The average Bonchev–Trinajstić information content (AvgIpc) is 3.41. The molecule has 10 nitrogen and oxygen atoms in total. The molecule has 0 unspecified atom stereocenters. The first kappa shape index (κ1) is 39.8. The topological polar surface area (TPSA) is 130 Å². The van der Waals surface area contributed by atoms with Crippen LogP contribution in [0.25, 0.3) is 17.1 Å². The number of benzene rings is 2. The number of halogens is 4. The van der Waals surface area contributed by atoms with Crippen LogP contribution in [-0.4, -0.2) is 48.6 Å². The molecule has 0 saturated heterocycles. The van der Waals surface area contributed by atoms with Gasteiger partial charge in [0.2, 0.25) is 0 Å². The van der Waals surface area contributed by atoms with E-state index in [1.807, 2.05) is 41.3 Å². The summed E-state index contributed by atoms with van der Waals surface area (Å²) >= 11 is 6.25. The van der Waals surface area contributed by atoms with Gasteiger partial charge in [0.15, 0.2) is 11.0 Å². The molecular weight excluding hydrogens is 704 g/mol. The van der Waals surface area contributed by atoms with Crippen molar-refractivity contribution >= 4 is 60.3 Å². The number of imidazole rings is 1. The number of rotatable bonds is 13. The van der Waals surface area contributed by atoms with Crippen molar-refractivity contribution in [2.45, 2.75) is 38.9 Å². The van der Waals surface area contributed by atoms with Crippen molar-refractivity contribution in [1.82, 2.24) is 4.57 Å². The van der Waals surface area contributed by atoms with Crippen LogP contribution in [0.4, 0.5) is 24.5 Å². The van der Waals surface area contributed by atoms with Gasteiger partial charge in [-0.15, -0.1) is 0 Å². The fraction of sp³-hybridized carbons (Fsp3) is 0.323. The summed E-state index contributed by atoms with van der Waals surface area (Å²) < 4.78 is 112. The zero-order valence-corrected chi connectivity index (χ0v) is 31.0. The van der Waals surface area contributed by atoms with E-state index in [-0.39, 0.29) is 61.2 Å². The van der Waals surface area contributed by atoms with Crippen LogP contribution in [0.15, 0.2) is 78.8 Å². The number of allylic oxidation sites excluding steroid dienone is 4. The minimum Gasteiger partial charge on any atom is -0.748 e. The Hall–Kier alpha value is -2.63. The van der Waals surface area contributed by atoms with Crippen LogP contribution in [0.1, 0.15) is 37.6 Å². The number of fused-ring (bicyclic) bond motifs is 2. The van der Waals surface area contributed by atoms with Gasteiger partial charge in [0.1, 0.15) is 5.82 Å². The largest absolute Gasteiger partial charge is 1.00 e. The van der Waals surface area contributed by atoms with Crippen LogP contribution < -0.4 is 43.9 Å². The van der Waals surface area contributed by atoms with Gasteiger partial charge in [-0.1, -0.05) is 37.3 Å². The van der Waals surface area contributed by atoms with Crippen LogP contribution in [0.2, 0.25) is 5.02 Å². The number of anilines is 2. The molecule has 254 valence electrons. The van der Waals surface area contributed by atoms with Crippen molar-refractivity contribution in [3.63, 3.8) is 0 Å². The van der Waals surface area contributed by atoms with Crippen molar-refractivity contribution < 1.29 is 73.2 Å². The second-order valence-corrected chi connectivity index (χ2v) is 14.3. The SMILES string of the molecule is C=CN1\C(=C/C=C(\C=C\c2n(CCCS(=O)(=O)[O-])c3cc(Cl)ccc3[n+]2C)CC)N(CCCS(=O)(=O)[O-])c2cc(C(F)(F)F)ccc21.[Na+]. The molecule has 1 aliphatic rings. The molecule has 0 spiro atoms. The van der Waals surface area contributed by atoms with Gasteiger partial charge in [-0.3, -0.25) is 0 Å². The molecule has 0 saturated carbocycles. The summed E-state index contributed by atoms with van der Waals surface area (Å²) in [6.07, 6.45) is 4.44. The average molecular weight is 737 g/mol. The Balaban J connectivity index is 0.00000625. The van der Waals surface area contributed by atoms with E-state index in [2.05, 4.69) is 6.58 Å². The third kappa shape index (κ3) is 9.75. The monoisotopic (exact) mass is 736 g/mol. The third-order valence-corrected chi connectivity index (χ3v) is 9.43.